The number of fused-ring (bicyclic) bond motifs is 1. The van der Waals surface area contributed by atoms with Crippen LogP contribution in [-0.4, -0.2) is 26.7 Å². The van der Waals surface area contributed by atoms with Gasteiger partial charge in [0.05, 0.1) is 11.3 Å². The molecule has 17 heavy (non-hydrogen) atoms. The fourth-order valence-corrected chi connectivity index (χ4v) is 1.88. The SMILES string of the molecule is Cc1cc(Oc2ncnc3c2CNCC3)n[nH]1. The lowest BCUT2D eigenvalue weighted by molar-refractivity contribution is 0.427. The summed E-state index contributed by atoms with van der Waals surface area (Å²) >= 11 is 0. The molecule has 0 saturated heterocycles. The maximum atomic E-state index is 5.66. The zero-order valence-electron chi connectivity index (χ0n) is 9.53. The summed E-state index contributed by atoms with van der Waals surface area (Å²) in [6, 6.07) is 1.84. The molecule has 2 aromatic rings. The molecule has 2 N–H and O–H groups in total. The number of aryl methyl sites for hydroxylation is 1. The van der Waals surface area contributed by atoms with Crippen LogP contribution in [0, 0.1) is 6.92 Å². The smallest absolute Gasteiger partial charge is 0.240 e. The van der Waals surface area contributed by atoms with Crippen molar-refractivity contribution >= 4 is 0 Å². The number of rotatable bonds is 2. The molecule has 6 nitrogen and oxygen atoms in total. The van der Waals surface area contributed by atoms with Crippen LogP contribution < -0.4 is 10.1 Å². The van der Waals surface area contributed by atoms with Crippen LogP contribution in [0.3, 0.4) is 0 Å². The number of aromatic amines is 1. The Morgan fingerprint density at radius 1 is 1.35 bits per heavy atom. The van der Waals surface area contributed by atoms with E-state index in [1.54, 1.807) is 6.33 Å². The third kappa shape index (κ3) is 1.99. The molecule has 1 aliphatic rings. The highest BCUT2D eigenvalue weighted by Crippen LogP contribution is 2.24. The van der Waals surface area contributed by atoms with E-state index in [4.69, 9.17) is 4.74 Å². The largest absolute Gasteiger partial charge is 0.419 e. The number of ether oxygens (including phenoxy) is 1. The maximum Gasteiger partial charge on any atom is 0.240 e. The predicted octanol–water partition coefficient (Wildman–Crippen LogP) is 0.946. The summed E-state index contributed by atoms with van der Waals surface area (Å²) in [5.74, 6) is 1.13. The molecule has 1 aliphatic heterocycles. The van der Waals surface area contributed by atoms with Crippen molar-refractivity contribution in [1.82, 2.24) is 25.5 Å². The van der Waals surface area contributed by atoms with E-state index in [1.165, 1.54) is 0 Å². The Morgan fingerprint density at radius 3 is 3.12 bits per heavy atom. The lowest BCUT2D eigenvalue weighted by Gasteiger charge is -2.17. The third-order valence-electron chi connectivity index (χ3n) is 2.72. The zero-order valence-corrected chi connectivity index (χ0v) is 9.53. The first kappa shape index (κ1) is 10.2. The van der Waals surface area contributed by atoms with Crippen molar-refractivity contribution in [3.8, 4) is 11.8 Å². The number of nitrogens with zero attached hydrogens (tertiary/aromatic N) is 3. The summed E-state index contributed by atoms with van der Waals surface area (Å²) in [5.41, 5.74) is 3.04. The average Bonchev–Trinajstić information content (AvgIpc) is 2.75. The second-order valence-corrected chi connectivity index (χ2v) is 4.02. The minimum absolute atomic E-state index is 0.536. The minimum atomic E-state index is 0.536. The number of H-pyrrole nitrogens is 1. The Kier molecular flexibility index (Phi) is 2.49. The van der Waals surface area contributed by atoms with E-state index < -0.39 is 0 Å². The molecule has 0 atom stereocenters. The van der Waals surface area contributed by atoms with Crippen molar-refractivity contribution in [3.63, 3.8) is 0 Å². The van der Waals surface area contributed by atoms with E-state index in [0.717, 1.165) is 36.5 Å². The third-order valence-corrected chi connectivity index (χ3v) is 2.72. The lowest BCUT2D eigenvalue weighted by atomic mass is 10.1. The Morgan fingerprint density at radius 2 is 2.29 bits per heavy atom. The molecule has 0 bridgehead atoms. The highest BCUT2D eigenvalue weighted by atomic mass is 16.5. The van der Waals surface area contributed by atoms with Gasteiger partial charge in [0.15, 0.2) is 0 Å². The van der Waals surface area contributed by atoms with Gasteiger partial charge in [-0.15, -0.1) is 5.10 Å². The summed E-state index contributed by atoms with van der Waals surface area (Å²) < 4.78 is 5.66. The topological polar surface area (TPSA) is 75.7 Å². The van der Waals surface area contributed by atoms with Crippen LogP contribution in [-0.2, 0) is 13.0 Å². The Balaban J connectivity index is 1.92. The Hall–Kier alpha value is -1.95. The molecular weight excluding hydrogens is 218 g/mol. The highest BCUT2D eigenvalue weighted by Gasteiger charge is 2.17. The van der Waals surface area contributed by atoms with Crippen LogP contribution in [0.4, 0.5) is 0 Å². The van der Waals surface area contributed by atoms with Gasteiger partial charge in [0.25, 0.3) is 0 Å². The van der Waals surface area contributed by atoms with Gasteiger partial charge in [0.2, 0.25) is 11.8 Å². The summed E-state index contributed by atoms with van der Waals surface area (Å²) in [7, 11) is 0. The molecule has 3 rings (SSSR count). The second kappa shape index (κ2) is 4.14. The van der Waals surface area contributed by atoms with Crippen LogP contribution in [0.1, 0.15) is 17.0 Å². The molecule has 0 radical (unpaired) electrons. The van der Waals surface area contributed by atoms with Crippen LogP contribution in [0.5, 0.6) is 11.8 Å². The molecule has 0 saturated carbocycles. The molecule has 6 heteroatoms. The van der Waals surface area contributed by atoms with E-state index in [9.17, 15) is 0 Å². The molecule has 2 aromatic heterocycles. The van der Waals surface area contributed by atoms with Crippen molar-refractivity contribution in [1.29, 1.82) is 0 Å². The Bertz CT molecular complexity index is 536. The van der Waals surface area contributed by atoms with E-state index in [2.05, 4.69) is 25.5 Å². The van der Waals surface area contributed by atoms with E-state index in [0.29, 0.717) is 11.8 Å². The molecule has 0 fully saturated rings. The normalized spacial score (nSPS) is 14.4. The van der Waals surface area contributed by atoms with Crippen molar-refractivity contribution in [2.24, 2.45) is 0 Å². The monoisotopic (exact) mass is 231 g/mol. The molecule has 0 spiro atoms. The van der Waals surface area contributed by atoms with Gasteiger partial charge in [-0.3, -0.25) is 5.10 Å². The average molecular weight is 231 g/mol. The summed E-state index contributed by atoms with van der Waals surface area (Å²) in [6.45, 7) is 3.62. The van der Waals surface area contributed by atoms with Crippen molar-refractivity contribution in [3.05, 3.63) is 29.3 Å². The fourth-order valence-electron chi connectivity index (χ4n) is 1.88. The molecule has 0 unspecified atom stereocenters. The van der Waals surface area contributed by atoms with Crippen LogP contribution >= 0.6 is 0 Å². The van der Waals surface area contributed by atoms with Gasteiger partial charge in [-0.05, 0) is 6.92 Å². The first-order valence-electron chi connectivity index (χ1n) is 5.56. The number of nitrogens with one attached hydrogen (secondary N) is 2. The maximum absolute atomic E-state index is 5.66. The minimum Gasteiger partial charge on any atom is -0.419 e. The van der Waals surface area contributed by atoms with Crippen LogP contribution in [0.15, 0.2) is 12.4 Å². The summed E-state index contributed by atoms with van der Waals surface area (Å²) in [5, 5.41) is 10.2. The molecule has 0 aromatic carbocycles. The van der Waals surface area contributed by atoms with Gasteiger partial charge in [0, 0.05) is 31.3 Å². The van der Waals surface area contributed by atoms with Crippen LogP contribution in [0.2, 0.25) is 0 Å². The van der Waals surface area contributed by atoms with Crippen molar-refractivity contribution < 1.29 is 4.74 Å². The number of hydrogen-bond donors (Lipinski definition) is 2. The van der Waals surface area contributed by atoms with Gasteiger partial charge in [-0.1, -0.05) is 0 Å². The Labute approximate surface area is 98.4 Å². The number of aromatic nitrogens is 4. The van der Waals surface area contributed by atoms with Crippen molar-refractivity contribution in [2.45, 2.75) is 19.9 Å². The first-order valence-corrected chi connectivity index (χ1v) is 5.56. The van der Waals surface area contributed by atoms with Crippen LogP contribution in [0.25, 0.3) is 0 Å². The molecule has 88 valence electrons. The van der Waals surface area contributed by atoms with Gasteiger partial charge in [0.1, 0.15) is 6.33 Å². The second-order valence-electron chi connectivity index (χ2n) is 4.02. The van der Waals surface area contributed by atoms with Gasteiger partial charge in [-0.25, -0.2) is 9.97 Å². The standard InChI is InChI=1S/C11H13N5O/c1-7-4-10(16-15-7)17-11-8-5-12-3-2-9(8)13-6-14-11/h4,6,12H,2-3,5H2,1H3,(H,15,16). The van der Waals surface area contributed by atoms with E-state index in [-0.39, 0.29) is 0 Å². The van der Waals surface area contributed by atoms with E-state index >= 15 is 0 Å². The van der Waals surface area contributed by atoms with Gasteiger partial charge in [-0.2, -0.15) is 0 Å². The van der Waals surface area contributed by atoms with Crippen molar-refractivity contribution in [2.75, 3.05) is 6.54 Å². The summed E-state index contributed by atoms with van der Waals surface area (Å²) in [4.78, 5) is 8.44. The highest BCUT2D eigenvalue weighted by molar-refractivity contribution is 5.34. The molecular formula is C11H13N5O. The molecule has 0 aliphatic carbocycles. The molecule has 0 amide bonds. The zero-order chi connectivity index (χ0) is 11.7. The first-order chi connectivity index (χ1) is 8.33. The summed E-state index contributed by atoms with van der Waals surface area (Å²) in [6.07, 6.45) is 2.45. The quantitative estimate of drug-likeness (QED) is 0.804. The van der Waals surface area contributed by atoms with Gasteiger partial charge >= 0.3 is 0 Å². The number of hydrogen-bond acceptors (Lipinski definition) is 5. The van der Waals surface area contributed by atoms with E-state index in [1.807, 2.05) is 13.0 Å². The fraction of sp³-hybridized carbons (Fsp3) is 0.364. The lowest BCUT2D eigenvalue weighted by Crippen LogP contribution is -2.25. The molecule has 3 heterocycles. The predicted molar refractivity (Wildman–Crippen MR) is 60.8 cm³/mol. The van der Waals surface area contributed by atoms with Gasteiger partial charge < -0.3 is 10.1 Å².